The van der Waals surface area contributed by atoms with Crippen LogP contribution in [-0.2, 0) is 0 Å². The first kappa shape index (κ1) is 8.69. The van der Waals surface area contributed by atoms with Crippen molar-refractivity contribution in [3.8, 4) is 12.3 Å². The summed E-state index contributed by atoms with van der Waals surface area (Å²) in [5.74, 6) is 3.02. The highest BCUT2D eigenvalue weighted by Gasteiger charge is 2.06. The third-order valence-electron chi connectivity index (χ3n) is 1.45. The van der Waals surface area contributed by atoms with Crippen molar-refractivity contribution in [1.82, 2.24) is 9.97 Å². The third-order valence-corrected chi connectivity index (χ3v) is 1.45. The summed E-state index contributed by atoms with van der Waals surface area (Å²) in [6.45, 7) is 1.77. The van der Waals surface area contributed by atoms with Crippen molar-refractivity contribution in [2.24, 2.45) is 0 Å². The highest BCUT2D eigenvalue weighted by molar-refractivity contribution is 5.07. The van der Waals surface area contributed by atoms with E-state index in [1.165, 1.54) is 0 Å². The molecule has 3 heteroatoms. The fraction of sp³-hybridized carbons (Fsp3) is 0.333. The summed E-state index contributed by atoms with van der Waals surface area (Å²) in [6.07, 6.45) is 6.28. The molecule has 0 aliphatic rings. The van der Waals surface area contributed by atoms with Gasteiger partial charge in [0.2, 0.25) is 0 Å². The lowest BCUT2D eigenvalue weighted by Crippen LogP contribution is -2.01. The molecule has 1 heterocycles. The molecule has 12 heavy (non-hydrogen) atoms. The van der Waals surface area contributed by atoms with Gasteiger partial charge in [0.15, 0.2) is 0 Å². The van der Waals surface area contributed by atoms with Gasteiger partial charge in [0.05, 0.1) is 5.69 Å². The van der Waals surface area contributed by atoms with Crippen LogP contribution < -0.4 is 0 Å². The summed E-state index contributed by atoms with van der Waals surface area (Å²) in [7, 11) is 0. The van der Waals surface area contributed by atoms with E-state index in [2.05, 4.69) is 15.9 Å². The van der Waals surface area contributed by atoms with Crippen LogP contribution in [0.2, 0.25) is 0 Å². The number of nitrogens with zero attached hydrogens (tertiary/aromatic N) is 2. The van der Waals surface area contributed by atoms with Crippen LogP contribution >= 0.6 is 0 Å². The van der Waals surface area contributed by atoms with E-state index in [4.69, 9.17) is 6.42 Å². The summed E-state index contributed by atoms with van der Waals surface area (Å²) >= 11 is 0. The Balaban J connectivity index is 2.82. The SMILES string of the molecule is C#CCC(O)c1ccnc(C)n1. The predicted octanol–water partition coefficient (Wildman–Crippen LogP) is 0.842. The van der Waals surface area contributed by atoms with E-state index in [1.807, 2.05) is 0 Å². The van der Waals surface area contributed by atoms with Crippen molar-refractivity contribution >= 4 is 0 Å². The minimum absolute atomic E-state index is 0.288. The number of rotatable bonds is 2. The van der Waals surface area contributed by atoms with Gasteiger partial charge in [-0.25, -0.2) is 9.97 Å². The molecule has 0 aliphatic carbocycles. The lowest BCUT2D eigenvalue weighted by molar-refractivity contribution is 0.178. The van der Waals surface area contributed by atoms with E-state index in [1.54, 1.807) is 19.2 Å². The summed E-state index contributed by atoms with van der Waals surface area (Å²) in [4.78, 5) is 7.94. The van der Waals surface area contributed by atoms with Gasteiger partial charge in [-0.1, -0.05) is 0 Å². The minimum atomic E-state index is -0.670. The highest BCUT2D eigenvalue weighted by atomic mass is 16.3. The number of terminal acetylenes is 1. The largest absolute Gasteiger partial charge is 0.386 e. The van der Waals surface area contributed by atoms with Crippen molar-refractivity contribution in [3.05, 3.63) is 23.8 Å². The maximum atomic E-state index is 9.41. The second kappa shape index (κ2) is 3.84. The van der Waals surface area contributed by atoms with Crippen molar-refractivity contribution in [1.29, 1.82) is 0 Å². The Bertz CT molecular complexity index is 304. The van der Waals surface area contributed by atoms with E-state index >= 15 is 0 Å². The molecule has 0 aromatic carbocycles. The maximum Gasteiger partial charge on any atom is 0.125 e. The maximum absolute atomic E-state index is 9.41. The van der Waals surface area contributed by atoms with Crippen LogP contribution in [-0.4, -0.2) is 15.1 Å². The van der Waals surface area contributed by atoms with E-state index < -0.39 is 6.10 Å². The Hall–Kier alpha value is -1.40. The molecule has 1 N–H and O–H groups in total. The Labute approximate surface area is 71.5 Å². The van der Waals surface area contributed by atoms with E-state index in [-0.39, 0.29) is 6.42 Å². The topological polar surface area (TPSA) is 46.0 Å². The highest BCUT2D eigenvalue weighted by Crippen LogP contribution is 2.11. The number of aromatic nitrogens is 2. The lowest BCUT2D eigenvalue weighted by atomic mass is 10.2. The van der Waals surface area contributed by atoms with Crippen molar-refractivity contribution < 1.29 is 5.11 Å². The Morgan fingerprint density at radius 1 is 1.75 bits per heavy atom. The molecule has 1 aromatic rings. The molecule has 0 fully saturated rings. The molecule has 0 radical (unpaired) electrons. The molecule has 1 atom stereocenters. The molecule has 0 amide bonds. The number of aliphatic hydroxyl groups excluding tert-OH is 1. The second-order valence-corrected chi connectivity index (χ2v) is 2.45. The minimum Gasteiger partial charge on any atom is -0.386 e. The molecule has 1 rings (SSSR count). The molecular formula is C9H10N2O. The van der Waals surface area contributed by atoms with Crippen LogP contribution in [0.25, 0.3) is 0 Å². The van der Waals surface area contributed by atoms with Gasteiger partial charge in [0.1, 0.15) is 11.9 Å². The normalized spacial score (nSPS) is 12.1. The van der Waals surface area contributed by atoms with Gasteiger partial charge in [0, 0.05) is 12.6 Å². The van der Waals surface area contributed by atoms with E-state index in [0.29, 0.717) is 11.5 Å². The lowest BCUT2D eigenvalue weighted by Gasteiger charge is -2.05. The first-order valence-corrected chi connectivity index (χ1v) is 3.65. The number of aryl methyl sites for hydroxylation is 1. The molecule has 0 spiro atoms. The van der Waals surface area contributed by atoms with Crippen LogP contribution in [0.5, 0.6) is 0 Å². The monoisotopic (exact) mass is 162 g/mol. The molecule has 1 aromatic heterocycles. The van der Waals surface area contributed by atoms with Crippen LogP contribution in [0.1, 0.15) is 24.0 Å². The summed E-state index contributed by atoms with van der Waals surface area (Å²) in [5.41, 5.74) is 0.584. The summed E-state index contributed by atoms with van der Waals surface area (Å²) in [5, 5.41) is 9.41. The van der Waals surface area contributed by atoms with Gasteiger partial charge >= 0.3 is 0 Å². The Kier molecular flexibility index (Phi) is 2.78. The Morgan fingerprint density at radius 2 is 2.50 bits per heavy atom. The number of aliphatic hydroxyl groups is 1. The van der Waals surface area contributed by atoms with E-state index in [0.717, 1.165) is 0 Å². The van der Waals surface area contributed by atoms with Crippen molar-refractivity contribution in [2.75, 3.05) is 0 Å². The summed E-state index contributed by atoms with van der Waals surface area (Å²) in [6, 6.07) is 1.66. The zero-order valence-corrected chi connectivity index (χ0v) is 6.86. The average Bonchev–Trinajstić information content (AvgIpc) is 2.05. The Morgan fingerprint density at radius 3 is 3.08 bits per heavy atom. The molecule has 3 nitrogen and oxygen atoms in total. The zero-order valence-electron chi connectivity index (χ0n) is 6.86. The zero-order chi connectivity index (χ0) is 8.97. The van der Waals surface area contributed by atoms with E-state index in [9.17, 15) is 5.11 Å². The number of hydrogen-bond donors (Lipinski definition) is 1. The fourth-order valence-corrected chi connectivity index (χ4v) is 0.876. The molecule has 0 bridgehead atoms. The van der Waals surface area contributed by atoms with Crippen molar-refractivity contribution in [3.63, 3.8) is 0 Å². The van der Waals surface area contributed by atoms with Gasteiger partial charge in [-0.15, -0.1) is 12.3 Å². The molecule has 1 unspecified atom stereocenters. The van der Waals surface area contributed by atoms with Crippen LogP contribution in [0.4, 0.5) is 0 Å². The second-order valence-electron chi connectivity index (χ2n) is 2.45. The molecule has 0 saturated heterocycles. The molecule has 0 aliphatic heterocycles. The average molecular weight is 162 g/mol. The number of hydrogen-bond acceptors (Lipinski definition) is 3. The molecule has 0 saturated carbocycles. The van der Waals surface area contributed by atoms with Crippen LogP contribution in [0.3, 0.4) is 0 Å². The molecule has 62 valence electrons. The first-order chi connectivity index (χ1) is 5.74. The van der Waals surface area contributed by atoms with Crippen LogP contribution in [0, 0.1) is 19.3 Å². The third kappa shape index (κ3) is 2.04. The van der Waals surface area contributed by atoms with Gasteiger partial charge in [0.25, 0.3) is 0 Å². The van der Waals surface area contributed by atoms with Gasteiger partial charge in [-0.3, -0.25) is 0 Å². The van der Waals surface area contributed by atoms with Crippen molar-refractivity contribution in [2.45, 2.75) is 19.4 Å². The smallest absolute Gasteiger partial charge is 0.125 e. The quantitative estimate of drug-likeness (QED) is 0.655. The molecular weight excluding hydrogens is 152 g/mol. The van der Waals surface area contributed by atoms with Crippen LogP contribution in [0.15, 0.2) is 12.3 Å². The van der Waals surface area contributed by atoms with Gasteiger partial charge in [-0.05, 0) is 13.0 Å². The summed E-state index contributed by atoms with van der Waals surface area (Å²) < 4.78 is 0. The predicted molar refractivity (Wildman–Crippen MR) is 45.2 cm³/mol. The first-order valence-electron chi connectivity index (χ1n) is 3.65. The van der Waals surface area contributed by atoms with Gasteiger partial charge in [-0.2, -0.15) is 0 Å². The van der Waals surface area contributed by atoms with Gasteiger partial charge < -0.3 is 5.11 Å². The fourth-order valence-electron chi connectivity index (χ4n) is 0.876. The standard InChI is InChI=1S/C9H10N2O/c1-3-4-9(12)8-5-6-10-7(2)11-8/h1,5-6,9,12H,4H2,2H3.